The van der Waals surface area contributed by atoms with Gasteiger partial charge < -0.3 is 20.1 Å². The Morgan fingerprint density at radius 1 is 1.38 bits per heavy atom. The third-order valence-electron chi connectivity index (χ3n) is 4.41. The molecular formula is C18H18N4O4. The van der Waals surface area contributed by atoms with E-state index < -0.39 is 0 Å². The first kappa shape index (κ1) is 16.2. The van der Waals surface area contributed by atoms with Crippen molar-refractivity contribution in [3.63, 3.8) is 0 Å². The van der Waals surface area contributed by atoms with Gasteiger partial charge in [0.25, 0.3) is 0 Å². The minimum absolute atomic E-state index is 0.0407. The molecule has 2 N–H and O–H groups in total. The molecule has 0 radical (unpaired) electrons. The lowest BCUT2D eigenvalue weighted by molar-refractivity contribution is -0.119. The van der Waals surface area contributed by atoms with Crippen molar-refractivity contribution in [3.05, 3.63) is 35.4 Å². The van der Waals surface area contributed by atoms with Gasteiger partial charge in [0.05, 0.1) is 0 Å². The van der Waals surface area contributed by atoms with E-state index in [9.17, 15) is 9.59 Å². The Balaban J connectivity index is 1.49. The first-order chi connectivity index (χ1) is 12.5. The molecule has 2 amide bonds. The second-order valence-corrected chi connectivity index (χ2v) is 6.33. The van der Waals surface area contributed by atoms with Crippen LogP contribution in [0.2, 0.25) is 0 Å². The molecule has 3 heterocycles. The number of aromatic nitrogens is 2. The molecule has 0 bridgehead atoms. The second kappa shape index (κ2) is 6.21. The Labute approximate surface area is 149 Å². The van der Waals surface area contributed by atoms with Crippen LogP contribution in [-0.4, -0.2) is 28.4 Å². The summed E-state index contributed by atoms with van der Waals surface area (Å²) < 4.78 is 12.2. The van der Waals surface area contributed by atoms with Gasteiger partial charge in [0.15, 0.2) is 17.3 Å². The van der Waals surface area contributed by atoms with E-state index >= 15 is 0 Å². The zero-order chi connectivity index (χ0) is 18.3. The van der Waals surface area contributed by atoms with Crippen LogP contribution in [0.25, 0.3) is 6.08 Å². The van der Waals surface area contributed by atoms with Crippen molar-refractivity contribution in [1.29, 1.82) is 0 Å². The Bertz CT molecular complexity index is 932. The van der Waals surface area contributed by atoms with Gasteiger partial charge in [-0.3, -0.25) is 14.3 Å². The largest absolute Gasteiger partial charge is 0.454 e. The minimum atomic E-state index is -0.298. The van der Waals surface area contributed by atoms with E-state index in [1.807, 2.05) is 19.1 Å². The van der Waals surface area contributed by atoms with Gasteiger partial charge in [0.1, 0.15) is 5.82 Å². The number of carbonyl (C=O) groups is 2. The van der Waals surface area contributed by atoms with E-state index in [1.165, 1.54) is 6.08 Å². The van der Waals surface area contributed by atoms with E-state index in [2.05, 4.69) is 15.7 Å². The quantitative estimate of drug-likeness (QED) is 0.822. The predicted molar refractivity (Wildman–Crippen MR) is 94.9 cm³/mol. The molecule has 8 nitrogen and oxygen atoms in total. The molecule has 0 fully saturated rings. The molecule has 0 saturated heterocycles. The van der Waals surface area contributed by atoms with Crippen LogP contribution in [0.4, 0.5) is 11.6 Å². The van der Waals surface area contributed by atoms with Crippen molar-refractivity contribution in [3.8, 4) is 11.5 Å². The maximum absolute atomic E-state index is 12.3. The van der Waals surface area contributed by atoms with Crippen LogP contribution in [0, 0.1) is 5.92 Å². The van der Waals surface area contributed by atoms with E-state index in [4.69, 9.17) is 9.47 Å². The number of hydrogen-bond acceptors (Lipinski definition) is 5. The van der Waals surface area contributed by atoms with Gasteiger partial charge in [-0.15, -0.1) is 0 Å². The summed E-state index contributed by atoms with van der Waals surface area (Å²) in [4.78, 5) is 24.1. The Hall–Kier alpha value is -3.29. The number of anilines is 2. The molecule has 2 aliphatic heterocycles. The minimum Gasteiger partial charge on any atom is -0.454 e. The highest BCUT2D eigenvalue weighted by molar-refractivity contribution is 6.03. The normalized spacial score (nSPS) is 17.9. The second-order valence-electron chi connectivity index (χ2n) is 6.33. The van der Waals surface area contributed by atoms with Crippen LogP contribution in [0.5, 0.6) is 11.5 Å². The predicted octanol–water partition coefficient (Wildman–Crippen LogP) is 1.93. The van der Waals surface area contributed by atoms with E-state index in [0.29, 0.717) is 29.6 Å². The molecule has 1 aromatic carbocycles. The summed E-state index contributed by atoms with van der Waals surface area (Å²) in [5.41, 5.74) is 1.66. The molecule has 0 aliphatic carbocycles. The summed E-state index contributed by atoms with van der Waals surface area (Å²) in [5, 5.41) is 9.91. The first-order valence-electron chi connectivity index (χ1n) is 8.26. The third kappa shape index (κ3) is 2.90. The van der Waals surface area contributed by atoms with Crippen molar-refractivity contribution in [1.82, 2.24) is 9.78 Å². The van der Waals surface area contributed by atoms with Gasteiger partial charge in [-0.1, -0.05) is 13.0 Å². The Kier molecular flexibility index (Phi) is 3.87. The number of ether oxygens (including phenoxy) is 2. The summed E-state index contributed by atoms with van der Waals surface area (Å²) in [5.74, 6) is 1.96. The summed E-state index contributed by atoms with van der Waals surface area (Å²) in [6.45, 7) is 2.05. The SMILES string of the molecule is CC1Cc2c(NC(=O)/C=C\c3ccc4c(c3)OCO4)nn(C)c2NC1=O. The average molecular weight is 354 g/mol. The molecule has 134 valence electrons. The number of aryl methyl sites for hydroxylation is 1. The lowest BCUT2D eigenvalue weighted by Crippen LogP contribution is -2.28. The number of benzene rings is 1. The maximum Gasteiger partial charge on any atom is 0.249 e. The lowest BCUT2D eigenvalue weighted by atomic mass is 9.98. The fourth-order valence-electron chi connectivity index (χ4n) is 3.00. The van der Waals surface area contributed by atoms with Gasteiger partial charge in [0, 0.05) is 24.6 Å². The van der Waals surface area contributed by atoms with Gasteiger partial charge in [0.2, 0.25) is 18.6 Å². The average Bonchev–Trinajstić information content (AvgIpc) is 3.19. The molecule has 0 saturated carbocycles. The van der Waals surface area contributed by atoms with Crippen molar-refractivity contribution in [2.45, 2.75) is 13.3 Å². The monoisotopic (exact) mass is 354 g/mol. The van der Waals surface area contributed by atoms with E-state index in [0.717, 1.165) is 11.1 Å². The summed E-state index contributed by atoms with van der Waals surface area (Å²) in [6, 6.07) is 5.46. The molecule has 26 heavy (non-hydrogen) atoms. The summed E-state index contributed by atoms with van der Waals surface area (Å²) >= 11 is 0. The van der Waals surface area contributed by atoms with Crippen molar-refractivity contribution < 1.29 is 19.1 Å². The molecule has 8 heteroatoms. The Morgan fingerprint density at radius 2 is 2.19 bits per heavy atom. The zero-order valence-corrected chi connectivity index (χ0v) is 14.4. The topological polar surface area (TPSA) is 94.5 Å². The maximum atomic E-state index is 12.3. The number of carbonyl (C=O) groups excluding carboxylic acids is 2. The highest BCUT2D eigenvalue weighted by Gasteiger charge is 2.28. The van der Waals surface area contributed by atoms with Crippen molar-refractivity contribution >= 4 is 29.5 Å². The number of fused-ring (bicyclic) bond motifs is 2. The number of rotatable bonds is 3. The molecule has 1 atom stereocenters. The molecule has 4 rings (SSSR count). The summed E-state index contributed by atoms with van der Waals surface area (Å²) in [6.07, 6.45) is 3.66. The number of hydrogen-bond donors (Lipinski definition) is 2. The molecule has 2 aromatic rings. The van der Waals surface area contributed by atoms with Crippen molar-refractivity contribution in [2.75, 3.05) is 17.4 Å². The highest BCUT2D eigenvalue weighted by Crippen LogP contribution is 2.33. The zero-order valence-electron chi connectivity index (χ0n) is 14.4. The van der Waals surface area contributed by atoms with Crippen LogP contribution in [0.1, 0.15) is 18.1 Å². The molecule has 1 unspecified atom stereocenters. The lowest BCUT2D eigenvalue weighted by Gasteiger charge is -2.19. The van der Waals surface area contributed by atoms with Crippen LogP contribution in [0.15, 0.2) is 24.3 Å². The van der Waals surface area contributed by atoms with Crippen LogP contribution in [-0.2, 0) is 23.1 Å². The fourth-order valence-corrected chi connectivity index (χ4v) is 3.00. The van der Waals surface area contributed by atoms with Gasteiger partial charge in [-0.05, 0) is 30.2 Å². The molecular weight excluding hydrogens is 336 g/mol. The highest BCUT2D eigenvalue weighted by atomic mass is 16.7. The van der Waals surface area contributed by atoms with Gasteiger partial charge in [-0.25, -0.2) is 0 Å². The molecule has 2 aliphatic rings. The van der Waals surface area contributed by atoms with Crippen LogP contribution >= 0.6 is 0 Å². The van der Waals surface area contributed by atoms with Crippen LogP contribution in [0.3, 0.4) is 0 Å². The Morgan fingerprint density at radius 3 is 3.04 bits per heavy atom. The number of amides is 2. The smallest absolute Gasteiger partial charge is 0.249 e. The standard InChI is InChI=1S/C18H18N4O4/c1-10-7-12-16(21-22(2)17(12)20-18(10)24)19-15(23)6-4-11-3-5-13-14(8-11)26-9-25-13/h3-6,8,10H,7,9H2,1-2H3,(H,20,24)(H,19,21,23)/b6-4-. The number of nitrogens with one attached hydrogen (secondary N) is 2. The molecule has 0 spiro atoms. The van der Waals surface area contributed by atoms with Gasteiger partial charge >= 0.3 is 0 Å². The van der Waals surface area contributed by atoms with E-state index in [-0.39, 0.29) is 24.5 Å². The first-order valence-corrected chi connectivity index (χ1v) is 8.26. The number of nitrogens with zero attached hydrogens (tertiary/aromatic N) is 2. The van der Waals surface area contributed by atoms with Crippen LogP contribution < -0.4 is 20.1 Å². The molecule has 1 aromatic heterocycles. The van der Waals surface area contributed by atoms with Gasteiger partial charge in [-0.2, -0.15) is 5.10 Å². The third-order valence-corrected chi connectivity index (χ3v) is 4.41. The van der Waals surface area contributed by atoms with E-state index in [1.54, 1.807) is 23.9 Å². The summed E-state index contributed by atoms with van der Waals surface area (Å²) in [7, 11) is 1.73. The van der Waals surface area contributed by atoms with Crippen molar-refractivity contribution in [2.24, 2.45) is 13.0 Å². The fraction of sp³-hybridized carbons (Fsp3) is 0.278.